The van der Waals surface area contributed by atoms with Crippen LogP contribution in [0.4, 0.5) is 5.95 Å². The second-order valence-electron chi connectivity index (χ2n) is 5.62. The Hall–Kier alpha value is -1.88. The number of piperazine rings is 1. The molecule has 5 nitrogen and oxygen atoms in total. The van der Waals surface area contributed by atoms with Gasteiger partial charge in [0, 0.05) is 25.7 Å². The van der Waals surface area contributed by atoms with E-state index in [9.17, 15) is 5.11 Å². The van der Waals surface area contributed by atoms with Gasteiger partial charge >= 0.3 is 0 Å². The van der Waals surface area contributed by atoms with Crippen molar-refractivity contribution < 1.29 is 5.11 Å². The maximum absolute atomic E-state index is 10.1. The third kappa shape index (κ3) is 2.41. The van der Waals surface area contributed by atoms with Gasteiger partial charge in [-0.2, -0.15) is 4.98 Å². The summed E-state index contributed by atoms with van der Waals surface area (Å²) in [7, 11) is 0. The molecule has 2 heterocycles. The van der Waals surface area contributed by atoms with Crippen molar-refractivity contribution in [2.75, 3.05) is 24.5 Å². The first-order chi connectivity index (χ1) is 9.65. The first-order valence-electron chi connectivity index (χ1n) is 7.09. The second kappa shape index (κ2) is 5.25. The molecule has 1 atom stereocenters. The SMILES string of the molecule is CC(C)C1CN(c2nc(O)c3ccccc3n2)CCN1. The molecular formula is C15H20N4O. The lowest BCUT2D eigenvalue weighted by molar-refractivity contribution is 0.365. The van der Waals surface area contributed by atoms with Crippen LogP contribution in [0.25, 0.3) is 10.9 Å². The van der Waals surface area contributed by atoms with E-state index in [-0.39, 0.29) is 5.88 Å². The number of para-hydroxylation sites is 1. The fourth-order valence-electron chi connectivity index (χ4n) is 2.60. The van der Waals surface area contributed by atoms with Crippen LogP contribution >= 0.6 is 0 Å². The van der Waals surface area contributed by atoms with Gasteiger partial charge in [0.2, 0.25) is 11.8 Å². The third-order valence-electron chi connectivity index (χ3n) is 3.86. The van der Waals surface area contributed by atoms with Crippen molar-refractivity contribution in [3.05, 3.63) is 24.3 Å². The molecule has 106 valence electrons. The van der Waals surface area contributed by atoms with E-state index in [4.69, 9.17) is 0 Å². The molecule has 1 aromatic carbocycles. The summed E-state index contributed by atoms with van der Waals surface area (Å²) in [4.78, 5) is 11.0. The highest BCUT2D eigenvalue weighted by Gasteiger charge is 2.24. The predicted molar refractivity (Wildman–Crippen MR) is 80.0 cm³/mol. The molecular weight excluding hydrogens is 252 g/mol. The predicted octanol–water partition coefficient (Wildman–Crippen LogP) is 1.77. The summed E-state index contributed by atoms with van der Waals surface area (Å²) < 4.78 is 0. The zero-order valence-electron chi connectivity index (χ0n) is 11.9. The van der Waals surface area contributed by atoms with Crippen LogP contribution in [-0.2, 0) is 0 Å². The molecule has 0 saturated carbocycles. The van der Waals surface area contributed by atoms with Gasteiger partial charge in [-0.15, -0.1) is 0 Å². The van der Waals surface area contributed by atoms with Crippen LogP contribution in [0.5, 0.6) is 5.88 Å². The van der Waals surface area contributed by atoms with E-state index in [1.807, 2.05) is 24.3 Å². The molecule has 0 radical (unpaired) electrons. The summed E-state index contributed by atoms with van der Waals surface area (Å²) in [5.41, 5.74) is 0.787. The maximum atomic E-state index is 10.1. The molecule has 0 bridgehead atoms. The van der Waals surface area contributed by atoms with E-state index in [1.54, 1.807) is 0 Å². The first kappa shape index (κ1) is 13.1. The Bertz CT molecular complexity index is 614. The number of hydrogen-bond donors (Lipinski definition) is 2. The molecule has 1 saturated heterocycles. The van der Waals surface area contributed by atoms with E-state index in [2.05, 4.69) is 34.0 Å². The van der Waals surface area contributed by atoms with Gasteiger partial charge < -0.3 is 15.3 Å². The van der Waals surface area contributed by atoms with Crippen molar-refractivity contribution in [1.29, 1.82) is 0 Å². The molecule has 1 aliphatic heterocycles. The number of hydrogen-bond acceptors (Lipinski definition) is 5. The molecule has 1 aliphatic rings. The summed E-state index contributed by atoms with van der Waals surface area (Å²) in [5, 5.41) is 14.3. The van der Waals surface area contributed by atoms with E-state index < -0.39 is 0 Å². The fourth-order valence-corrected chi connectivity index (χ4v) is 2.60. The van der Waals surface area contributed by atoms with Gasteiger partial charge in [-0.25, -0.2) is 4.98 Å². The lowest BCUT2D eigenvalue weighted by Gasteiger charge is -2.35. The third-order valence-corrected chi connectivity index (χ3v) is 3.86. The Morgan fingerprint density at radius 3 is 2.90 bits per heavy atom. The van der Waals surface area contributed by atoms with Crippen LogP contribution in [-0.4, -0.2) is 40.8 Å². The molecule has 0 aliphatic carbocycles. The van der Waals surface area contributed by atoms with Crippen molar-refractivity contribution >= 4 is 16.9 Å². The fraction of sp³-hybridized carbons (Fsp3) is 0.467. The van der Waals surface area contributed by atoms with Crippen molar-refractivity contribution in [3.63, 3.8) is 0 Å². The van der Waals surface area contributed by atoms with E-state index in [0.29, 0.717) is 23.3 Å². The van der Waals surface area contributed by atoms with Crippen LogP contribution in [0.1, 0.15) is 13.8 Å². The topological polar surface area (TPSA) is 61.3 Å². The monoisotopic (exact) mass is 272 g/mol. The van der Waals surface area contributed by atoms with Gasteiger partial charge in [-0.05, 0) is 18.1 Å². The van der Waals surface area contributed by atoms with E-state index in [1.165, 1.54) is 0 Å². The van der Waals surface area contributed by atoms with Crippen molar-refractivity contribution in [2.45, 2.75) is 19.9 Å². The summed E-state index contributed by atoms with van der Waals surface area (Å²) in [5.74, 6) is 1.24. The molecule has 1 aromatic heterocycles. The number of benzene rings is 1. The largest absolute Gasteiger partial charge is 0.493 e. The Labute approximate surface area is 118 Å². The smallest absolute Gasteiger partial charge is 0.229 e. The maximum Gasteiger partial charge on any atom is 0.229 e. The van der Waals surface area contributed by atoms with Gasteiger partial charge in [0.15, 0.2) is 0 Å². The minimum atomic E-state index is 0.0604. The highest BCUT2D eigenvalue weighted by atomic mass is 16.3. The van der Waals surface area contributed by atoms with Crippen LogP contribution in [0.15, 0.2) is 24.3 Å². The number of rotatable bonds is 2. The van der Waals surface area contributed by atoms with Crippen molar-refractivity contribution in [1.82, 2.24) is 15.3 Å². The molecule has 2 aromatic rings. The Morgan fingerprint density at radius 2 is 2.10 bits per heavy atom. The minimum Gasteiger partial charge on any atom is -0.493 e. The Kier molecular flexibility index (Phi) is 3.44. The molecule has 2 N–H and O–H groups in total. The number of nitrogens with zero attached hydrogens (tertiary/aromatic N) is 3. The summed E-state index contributed by atoms with van der Waals surface area (Å²) in [6.07, 6.45) is 0. The molecule has 20 heavy (non-hydrogen) atoms. The highest BCUT2D eigenvalue weighted by Crippen LogP contribution is 2.24. The van der Waals surface area contributed by atoms with E-state index in [0.717, 1.165) is 25.2 Å². The molecule has 1 fully saturated rings. The van der Waals surface area contributed by atoms with Gasteiger partial charge in [0.05, 0.1) is 10.9 Å². The number of aromatic nitrogens is 2. The van der Waals surface area contributed by atoms with Gasteiger partial charge in [-0.1, -0.05) is 26.0 Å². The number of nitrogens with one attached hydrogen (secondary N) is 1. The number of aromatic hydroxyl groups is 1. The van der Waals surface area contributed by atoms with Crippen molar-refractivity contribution in [2.24, 2.45) is 5.92 Å². The summed E-state index contributed by atoms with van der Waals surface area (Å²) in [6, 6.07) is 7.98. The lowest BCUT2D eigenvalue weighted by atomic mass is 10.0. The van der Waals surface area contributed by atoms with Crippen LogP contribution < -0.4 is 10.2 Å². The standard InChI is InChI=1S/C15H20N4O/c1-10(2)13-9-19(8-7-16-13)15-17-12-6-4-3-5-11(12)14(20)18-15/h3-6,10,13,16H,7-9H2,1-2H3,(H,17,18,20). The molecule has 1 unspecified atom stereocenters. The molecule has 5 heteroatoms. The van der Waals surface area contributed by atoms with Gasteiger partial charge in [0.1, 0.15) is 0 Å². The zero-order valence-corrected chi connectivity index (χ0v) is 11.9. The van der Waals surface area contributed by atoms with Crippen LogP contribution in [0.2, 0.25) is 0 Å². The quantitative estimate of drug-likeness (QED) is 0.872. The number of anilines is 1. The highest BCUT2D eigenvalue weighted by molar-refractivity contribution is 5.84. The minimum absolute atomic E-state index is 0.0604. The van der Waals surface area contributed by atoms with Gasteiger partial charge in [0.25, 0.3) is 0 Å². The van der Waals surface area contributed by atoms with E-state index >= 15 is 0 Å². The average Bonchev–Trinajstić information content (AvgIpc) is 2.47. The van der Waals surface area contributed by atoms with Crippen molar-refractivity contribution in [3.8, 4) is 5.88 Å². The molecule has 0 spiro atoms. The van der Waals surface area contributed by atoms with Gasteiger partial charge in [-0.3, -0.25) is 0 Å². The number of fused-ring (bicyclic) bond motifs is 1. The summed E-state index contributed by atoms with van der Waals surface area (Å²) >= 11 is 0. The molecule has 0 amide bonds. The molecule has 3 rings (SSSR count). The Morgan fingerprint density at radius 1 is 1.30 bits per heavy atom. The lowest BCUT2D eigenvalue weighted by Crippen LogP contribution is -2.53. The summed E-state index contributed by atoms with van der Waals surface area (Å²) in [6.45, 7) is 7.07. The Balaban J connectivity index is 1.93. The van der Waals surface area contributed by atoms with Crippen LogP contribution in [0, 0.1) is 5.92 Å². The first-order valence-corrected chi connectivity index (χ1v) is 7.09. The average molecular weight is 272 g/mol. The van der Waals surface area contributed by atoms with Crippen LogP contribution in [0.3, 0.4) is 0 Å². The zero-order chi connectivity index (χ0) is 14.1. The second-order valence-corrected chi connectivity index (χ2v) is 5.62. The normalized spacial score (nSPS) is 19.8.